The van der Waals surface area contributed by atoms with Gasteiger partial charge in [0.15, 0.2) is 10.2 Å². The highest BCUT2D eigenvalue weighted by molar-refractivity contribution is 8.14. The molecule has 4 nitrogen and oxygen atoms in total. The van der Waals surface area contributed by atoms with Crippen molar-refractivity contribution in [3.8, 4) is 0 Å². The number of fused-ring (bicyclic) bond motifs is 1. The molecule has 0 saturated carbocycles. The molecule has 0 aliphatic carbocycles. The first kappa shape index (κ1) is 17.6. The smallest absolute Gasteiger partial charge is 0.239 e. The molecule has 0 atom stereocenters. The van der Waals surface area contributed by atoms with Gasteiger partial charge in [-0.3, -0.25) is 14.5 Å². The number of carbonyl (C=O) groups is 2. The van der Waals surface area contributed by atoms with E-state index in [4.69, 9.17) is 0 Å². The molecule has 0 aliphatic heterocycles. The molecule has 2 aromatic carbocycles. The summed E-state index contributed by atoms with van der Waals surface area (Å²) in [5.74, 6) is -0.616. The first-order valence-corrected chi connectivity index (χ1v) is 9.37. The van der Waals surface area contributed by atoms with Gasteiger partial charge in [-0.1, -0.05) is 59.5 Å². The number of hydrogen-bond donors (Lipinski definition) is 0. The number of thioether (sulfide) groups is 1. The zero-order chi connectivity index (χ0) is 17.8. The zero-order valence-corrected chi connectivity index (χ0v) is 15.1. The number of nitrogens with zero attached hydrogens (tertiary/aromatic N) is 2. The average Bonchev–Trinajstić information content (AvgIpc) is 3.04. The van der Waals surface area contributed by atoms with E-state index >= 15 is 0 Å². The number of hydrogen-bond acceptors (Lipinski definition) is 5. The number of thiazole rings is 1. The fourth-order valence-electron chi connectivity index (χ4n) is 2.29. The van der Waals surface area contributed by atoms with Gasteiger partial charge in [-0.25, -0.2) is 9.37 Å². The molecular weight excluding hydrogens is 359 g/mol. The monoisotopic (exact) mass is 374 g/mol. The minimum atomic E-state index is -0.412. The summed E-state index contributed by atoms with van der Waals surface area (Å²) in [6.45, 7) is 1.74. The minimum absolute atomic E-state index is 0.0283. The van der Waals surface area contributed by atoms with Crippen LogP contribution < -0.4 is 4.90 Å². The molecule has 0 spiro atoms. The van der Waals surface area contributed by atoms with Crippen LogP contribution in [0.15, 0.2) is 48.5 Å². The lowest BCUT2D eigenvalue weighted by Crippen LogP contribution is -2.32. The van der Waals surface area contributed by atoms with Crippen LogP contribution in [-0.2, 0) is 16.1 Å². The largest absolute Gasteiger partial charge is 0.288 e. The number of amides is 1. The topological polar surface area (TPSA) is 50.3 Å². The number of rotatable bonds is 5. The normalized spacial score (nSPS) is 10.8. The standard InChI is InChI=1S/C18H15FN2O2S2/c1-12(22)24-11-16(23)21(10-13-6-3-2-4-7-13)18-20-17-14(19)8-5-9-15(17)25-18/h2-9H,10-11H2,1H3. The first-order chi connectivity index (χ1) is 12.0. The molecule has 3 rings (SSSR count). The molecule has 1 heterocycles. The quantitative estimate of drug-likeness (QED) is 0.670. The Morgan fingerprint density at radius 2 is 1.92 bits per heavy atom. The van der Waals surface area contributed by atoms with Crippen molar-refractivity contribution >= 4 is 49.5 Å². The van der Waals surface area contributed by atoms with E-state index in [2.05, 4.69) is 4.98 Å². The minimum Gasteiger partial charge on any atom is -0.288 e. The van der Waals surface area contributed by atoms with E-state index < -0.39 is 5.82 Å². The van der Waals surface area contributed by atoms with E-state index in [1.54, 1.807) is 12.1 Å². The van der Waals surface area contributed by atoms with Crippen LogP contribution in [0.2, 0.25) is 0 Å². The maximum absolute atomic E-state index is 13.9. The Hall–Kier alpha value is -2.25. The molecule has 7 heteroatoms. The number of aromatic nitrogens is 1. The molecule has 3 aromatic rings. The Morgan fingerprint density at radius 1 is 1.16 bits per heavy atom. The lowest BCUT2D eigenvalue weighted by Gasteiger charge is -2.19. The fraction of sp³-hybridized carbons (Fsp3) is 0.167. The van der Waals surface area contributed by atoms with Crippen LogP contribution in [0.1, 0.15) is 12.5 Å². The first-order valence-electron chi connectivity index (χ1n) is 7.57. The van der Waals surface area contributed by atoms with Crippen LogP contribution >= 0.6 is 23.1 Å². The van der Waals surface area contributed by atoms with Gasteiger partial charge in [-0.15, -0.1) is 0 Å². The van der Waals surface area contributed by atoms with Crippen molar-refractivity contribution in [1.29, 1.82) is 0 Å². The molecule has 0 bridgehead atoms. The van der Waals surface area contributed by atoms with E-state index in [0.29, 0.717) is 16.4 Å². The van der Waals surface area contributed by atoms with Crippen molar-refractivity contribution < 1.29 is 14.0 Å². The van der Waals surface area contributed by atoms with Crippen LogP contribution in [0.5, 0.6) is 0 Å². The molecule has 0 unspecified atom stereocenters. The third kappa shape index (κ3) is 4.24. The van der Waals surface area contributed by atoms with Gasteiger partial charge in [0.05, 0.1) is 17.0 Å². The van der Waals surface area contributed by atoms with Gasteiger partial charge in [0.25, 0.3) is 0 Å². The molecular formula is C18H15FN2O2S2. The molecule has 25 heavy (non-hydrogen) atoms. The van der Waals surface area contributed by atoms with Crippen molar-refractivity contribution in [1.82, 2.24) is 4.98 Å². The molecule has 0 fully saturated rings. The van der Waals surface area contributed by atoms with Gasteiger partial charge in [-0.05, 0) is 17.7 Å². The highest BCUT2D eigenvalue weighted by Crippen LogP contribution is 2.31. The van der Waals surface area contributed by atoms with Crippen molar-refractivity contribution in [3.05, 3.63) is 59.9 Å². The maximum atomic E-state index is 13.9. The highest BCUT2D eigenvalue weighted by atomic mass is 32.2. The van der Waals surface area contributed by atoms with E-state index in [1.165, 1.54) is 29.2 Å². The predicted octanol–water partition coefficient (Wildman–Crippen LogP) is 4.25. The van der Waals surface area contributed by atoms with Gasteiger partial charge in [0.2, 0.25) is 5.91 Å². The molecule has 0 N–H and O–H groups in total. The summed E-state index contributed by atoms with van der Waals surface area (Å²) in [6, 6.07) is 14.2. The second kappa shape index (κ2) is 7.76. The van der Waals surface area contributed by atoms with Crippen molar-refractivity contribution in [2.24, 2.45) is 0 Å². The summed E-state index contributed by atoms with van der Waals surface area (Å²) in [4.78, 5) is 29.6. The van der Waals surface area contributed by atoms with Crippen molar-refractivity contribution in [2.45, 2.75) is 13.5 Å². The van der Waals surface area contributed by atoms with Crippen molar-refractivity contribution in [2.75, 3.05) is 10.7 Å². The van der Waals surface area contributed by atoms with E-state index in [9.17, 15) is 14.0 Å². The third-order valence-corrected chi connectivity index (χ3v) is 5.31. The summed E-state index contributed by atoms with van der Waals surface area (Å²) in [5, 5.41) is 0.307. The molecule has 1 amide bonds. The Morgan fingerprint density at radius 3 is 2.60 bits per heavy atom. The number of para-hydroxylation sites is 1. The van der Waals surface area contributed by atoms with Gasteiger partial charge in [-0.2, -0.15) is 0 Å². The number of carbonyl (C=O) groups excluding carboxylic acids is 2. The second-order valence-corrected chi connectivity index (χ2v) is 7.49. The fourth-order valence-corrected chi connectivity index (χ4v) is 3.77. The number of anilines is 1. The zero-order valence-electron chi connectivity index (χ0n) is 13.4. The summed E-state index contributed by atoms with van der Waals surface area (Å²) in [7, 11) is 0. The molecule has 0 aliphatic rings. The Labute approximate surface area is 152 Å². The Bertz CT molecular complexity index is 912. The van der Waals surface area contributed by atoms with Gasteiger partial charge >= 0.3 is 0 Å². The van der Waals surface area contributed by atoms with Crippen LogP contribution in [0.4, 0.5) is 9.52 Å². The van der Waals surface area contributed by atoms with Crippen LogP contribution in [0.25, 0.3) is 10.2 Å². The van der Waals surface area contributed by atoms with E-state index in [1.807, 2.05) is 30.3 Å². The van der Waals surface area contributed by atoms with Crippen LogP contribution in [0.3, 0.4) is 0 Å². The predicted molar refractivity (Wildman–Crippen MR) is 100 cm³/mol. The van der Waals surface area contributed by atoms with Crippen LogP contribution in [-0.4, -0.2) is 21.8 Å². The number of benzene rings is 2. The molecule has 1 aromatic heterocycles. The average molecular weight is 374 g/mol. The lowest BCUT2D eigenvalue weighted by molar-refractivity contribution is -0.116. The Balaban J connectivity index is 1.95. The van der Waals surface area contributed by atoms with E-state index in [-0.39, 0.29) is 22.3 Å². The summed E-state index contributed by atoms with van der Waals surface area (Å²) in [6.07, 6.45) is 0. The van der Waals surface area contributed by atoms with Gasteiger partial charge in [0, 0.05) is 6.92 Å². The summed E-state index contributed by atoms with van der Waals surface area (Å²) < 4.78 is 14.6. The number of halogens is 1. The Kier molecular flexibility index (Phi) is 5.45. The third-order valence-electron chi connectivity index (χ3n) is 3.47. The molecule has 128 valence electrons. The second-order valence-electron chi connectivity index (χ2n) is 5.33. The maximum Gasteiger partial charge on any atom is 0.239 e. The van der Waals surface area contributed by atoms with E-state index in [0.717, 1.165) is 17.3 Å². The summed E-state index contributed by atoms with van der Waals surface area (Å²) >= 11 is 2.22. The van der Waals surface area contributed by atoms with Crippen LogP contribution in [0, 0.1) is 5.82 Å². The van der Waals surface area contributed by atoms with Crippen molar-refractivity contribution in [3.63, 3.8) is 0 Å². The SMILES string of the molecule is CC(=O)SCC(=O)N(Cc1ccccc1)c1nc2c(F)cccc2s1. The highest BCUT2D eigenvalue weighted by Gasteiger charge is 2.21. The summed E-state index contributed by atoms with van der Waals surface area (Å²) in [5.41, 5.74) is 1.19. The lowest BCUT2D eigenvalue weighted by atomic mass is 10.2. The molecule has 0 saturated heterocycles. The van der Waals surface area contributed by atoms with Gasteiger partial charge < -0.3 is 0 Å². The van der Waals surface area contributed by atoms with Gasteiger partial charge in [0.1, 0.15) is 11.3 Å². The molecule has 0 radical (unpaired) electrons.